The summed E-state index contributed by atoms with van der Waals surface area (Å²) in [6.07, 6.45) is 0. The molecule has 5 rings (SSSR count). The van der Waals surface area contributed by atoms with Gasteiger partial charge in [-0.15, -0.1) is 11.3 Å². The molecule has 0 amide bonds. The molecule has 8 heteroatoms. The Kier molecular flexibility index (Phi) is 4.15. The maximum absolute atomic E-state index is 12.6. The first kappa shape index (κ1) is 18.2. The Morgan fingerprint density at radius 2 is 1.90 bits per heavy atom. The lowest BCUT2D eigenvalue weighted by Gasteiger charge is -2.43. The van der Waals surface area contributed by atoms with Crippen molar-refractivity contribution >= 4 is 44.0 Å². The second kappa shape index (κ2) is 6.60. The van der Waals surface area contributed by atoms with Gasteiger partial charge in [0, 0.05) is 30.9 Å². The van der Waals surface area contributed by atoms with Crippen LogP contribution in [-0.4, -0.2) is 52.1 Å². The maximum atomic E-state index is 12.6. The average molecular weight is 409 g/mol. The number of thiophene rings is 1. The van der Waals surface area contributed by atoms with E-state index >= 15 is 0 Å². The number of fused-ring (bicyclic) bond motifs is 2. The number of hydrogen-bond acceptors (Lipinski definition) is 6. The summed E-state index contributed by atoms with van der Waals surface area (Å²) < 4.78 is 0.876. The van der Waals surface area contributed by atoms with E-state index in [0.717, 1.165) is 40.0 Å². The predicted octanol–water partition coefficient (Wildman–Crippen LogP) is 3.24. The van der Waals surface area contributed by atoms with Crippen molar-refractivity contribution in [2.45, 2.75) is 25.9 Å². The van der Waals surface area contributed by atoms with Gasteiger partial charge in [-0.2, -0.15) is 0 Å². The van der Waals surface area contributed by atoms with E-state index in [0.29, 0.717) is 29.2 Å². The monoisotopic (exact) mass is 408 g/mol. The van der Waals surface area contributed by atoms with Crippen molar-refractivity contribution in [2.24, 2.45) is 0 Å². The third-order valence-corrected chi connectivity index (χ3v) is 7.03. The van der Waals surface area contributed by atoms with Gasteiger partial charge in [-0.3, -0.25) is 9.69 Å². The van der Waals surface area contributed by atoms with Gasteiger partial charge in [-0.05, 0) is 50.5 Å². The van der Waals surface area contributed by atoms with Crippen molar-refractivity contribution in [3.63, 3.8) is 0 Å². The molecule has 7 nitrogen and oxygen atoms in total. The summed E-state index contributed by atoms with van der Waals surface area (Å²) >= 11 is 1.51. The number of aromatic amines is 2. The molecule has 1 fully saturated rings. The molecule has 1 aliphatic heterocycles. The first-order valence-electron chi connectivity index (χ1n) is 9.78. The van der Waals surface area contributed by atoms with Gasteiger partial charge < -0.3 is 20.6 Å². The smallest absolute Gasteiger partial charge is 0.261 e. The summed E-state index contributed by atoms with van der Waals surface area (Å²) in [6.45, 7) is 6.47. The zero-order valence-corrected chi connectivity index (χ0v) is 17.5. The Bertz CT molecular complexity index is 1260. The fraction of sp³-hybridized carbons (Fsp3) is 0.333. The number of rotatable bonds is 2. The van der Waals surface area contributed by atoms with Crippen LogP contribution in [-0.2, 0) is 0 Å². The number of pyridine rings is 1. The first-order chi connectivity index (χ1) is 13.9. The number of imidazole rings is 1. The quantitative estimate of drug-likeness (QED) is 0.473. The molecule has 0 bridgehead atoms. The fourth-order valence-electron chi connectivity index (χ4n) is 4.20. The van der Waals surface area contributed by atoms with Crippen LogP contribution in [0.1, 0.15) is 13.8 Å². The molecule has 0 spiro atoms. The Hall–Kier alpha value is -2.84. The molecule has 0 aliphatic carbocycles. The highest BCUT2D eigenvalue weighted by Gasteiger charge is 2.27. The van der Waals surface area contributed by atoms with Crippen LogP contribution in [0, 0.1) is 0 Å². The number of nitrogens with one attached hydrogen (secondary N) is 2. The van der Waals surface area contributed by atoms with Crippen LogP contribution < -0.4 is 16.2 Å². The highest BCUT2D eigenvalue weighted by molar-refractivity contribution is 7.17. The molecule has 0 radical (unpaired) electrons. The number of aromatic nitrogens is 3. The van der Waals surface area contributed by atoms with Gasteiger partial charge in [0.2, 0.25) is 0 Å². The van der Waals surface area contributed by atoms with Crippen molar-refractivity contribution in [2.75, 3.05) is 30.8 Å². The van der Waals surface area contributed by atoms with Crippen LogP contribution in [0.5, 0.6) is 0 Å². The normalized spacial score (nSPS) is 20.7. The van der Waals surface area contributed by atoms with E-state index < -0.39 is 0 Å². The predicted molar refractivity (Wildman–Crippen MR) is 121 cm³/mol. The standard InChI is InChI=1S/C21H24N6OS/c1-11-9-27(10-12(2)26(11)3)13-4-5-14-16(8-13)24-20(23-14)17-18(22)19-15(6-7-29-19)25-21(17)28/h4-8,11-12H,9-10H2,1-3H3,(H,23,24)(H3,22,25,28)/t11-,12?/m1/s1. The second-order valence-electron chi connectivity index (χ2n) is 7.96. The first-order valence-corrected chi connectivity index (χ1v) is 10.7. The summed E-state index contributed by atoms with van der Waals surface area (Å²) in [5, 5.41) is 1.92. The maximum Gasteiger partial charge on any atom is 0.261 e. The largest absolute Gasteiger partial charge is 0.397 e. The third-order valence-electron chi connectivity index (χ3n) is 6.08. The number of nitrogen functional groups attached to an aromatic ring is 1. The highest BCUT2D eigenvalue weighted by atomic mass is 32.1. The van der Waals surface area contributed by atoms with Crippen molar-refractivity contribution in [1.82, 2.24) is 19.9 Å². The third kappa shape index (κ3) is 2.90. The van der Waals surface area contributed by atoms with E-state index in [1.165, 1.54) is 11.3 Å². The van der Waals surface area contributed by atoms with E-state index in [4.69, 9.17) is 5.73 Å². The molecule has 1 aromatic carbocycles. The number of anilines is 2. The number of nitrogens with zero attached hydrogens (tertiary/aromatic N) is 3. The zero-order valence-electron chi connectivity index (χ0n) is 16.7. The topological polar surface area (TPSA) is 94.0 Å². The van der Waals surface area contributed by atoms with Crippen LogP contribution in [0.4, 0.5) is 11.4 Å². The van der Waals surface area contributed by atoms with Crippen molar-refractivity contribution in [3.8, 4) is 11.4 Å². The van der Waals surface area contributed by atoms with Crippen molar-refractivity contribution in [3.05, 3.63) is 40.0 Å². The van der Waals surface area contributed by atoms with Crippen molar-refractivity contribution < 1.29 is 0 Å². The molecule has 29 heavy (non-hydrogen) atoms. The number of hydrogen-bond donors (Lipinski definition) is 3. The second-order valence-corrected chi connectivity index (χ2v) is 8.88. The molecule has 1 aliphatic rings. The van der Waals surface area contributed by atoms with Crippen LogP contribution in [0.2, 0.25) is 0 Å². The number of benzene rings is 1. The average Bonchev–Trinajstić information content (AvgIpc) is 3.31. The molecule has 4 heterocycles. The van der Waals surface area contributed by atoms with Gasteiger partial charge in [-0.25, -0.2) is 4.98 Å². The molecule has 1 unspecified atom stereocenters. The molecule has 1 saturated heterocycles. The molecule has 4 aromatic rings. The van der Waals surface area contributed by atoms with Crippen LogP contribution in [0.3, 0.4) is 0 Å². The Morgan fingerprint density at radius 3 is 2.66 bits per heavy atom. The van der Waals surface area contributed by atoms with E-state index in [1.807, 2.05) is 17.5 Å². The molecular weight excluding hydrogens is 384 g/mol. The minimum atomic E-state index is -0.227. The van der Waals surface area contributed by atoms with Gasteiger partial charge >= 0.3 is 0 Å². The van der Waals surface area contributed by atoms with Gasteiger partial charge in [0.15, 0.2) is 0 Å². The van der Waals surface area contributed by atoms with Crippen LogP contribution >= 0.6 is 11.3 Å². The summed E-state index contributed by atoms with van der Waals surface area (Å²) in [5.41, 5.74) is 10.6. The number of piperazine rings is 1. The molecule has 3 aromatic heterocycles. The Labute approximate surface area is 172 Å². The molecular formula is C21H24N6OS. The minimum absolute atomic E-state index is 0.227. The van der Waals surface area contributed by atoms with E-state index in [-0.39, 0.29) is 5.56 Å². The number of likely N-dealkylation sites (N-methyl/N-ethyl adjacent to an activating group) is 1. The van der Waals surface area contributed by atoms with Gasteiger partial charge in [0.1, 0.15) is 11.4 Å². The van der Waals surface area contributed by atoms with Gasteiger partial charge in [0.25, 0.3) is 5.56 Å². The fourth-order valence-corrected chi connectivity index (χ4v) is 5.02. The molecule has 2 atom stereocenters. The minimum Gasteiger partial charge on any atom is -0.397 e. The Morgan fingerprint density at radius 1 is 1.14 bits per heavy atom. The molecule has 4 N–H and O–H groups in total. The SMILES string of the molecule is CC1CN(c2ccc3nc(-c4c(N)c5sccc5[nH]c4=O)[nH]c3c2)C[C@@H](C)N1C. The molecule has 150 valence electrons. The number of H-pyrrole nitrogens is 2. The van der Waals surface area contributed by atoms with E-state index in [9.17, 15) is 4.79 Å². The van der Waals surface area contributed by atoms with Crippen molar-refractivity contribution in [1.29, 1.82) is 0 Å². The summed E-state index contributed by atoms with van der Waals surface area (Å²) in [4.78, 5) is 28.3. The zero-order chi connectivity index (χ0) is 20.3. The van der Waals surface area contributed by atoms with E-state index in [2.05, 4.69) is 57.8 Å². The summed E-state index contributed by atoms with van der Waals surface area (Å²) in [6, 6.07) is 9.07. The lowest BCUT2D eigenvalue weighted by Crippen LogP contribution is -2.55. The number of nitrogens with two attached hydrogens (primary N) is 1. The van der Waals surface area contributed by atoms with E-state index in [1.54, 1.807) is 0 Å². The summed E-state index contributed by atoms with van der Waals surface area (Å²) in [5.74, 6) is 0.506. The summed E-state index contributed by atoms with van der Waals surface area (Å²) in [7, 11) is 2.18. The van der Waals surface area contributed by atoms with Gasteiger partial charge in [-0.1, -0.05) is 0 Å². The highest BCUT2D eigenvalue weighted by Crippen LogP contribution is 2.32. The van der Waals surface area contributed by atoms with Gasteiger partial charge in [0.05, 0.1) is 26.9 Å². The Balaban J connectivity index is 1.56. The van der Waals surface area contributed by atoms with Crippen LogP contribution in [0.15, 0.2) is 34.4 Å². The molecule has 0 saturated carbocycles. The van der Waals surface area contributed by atoms with Crippen LogP contribution in [0.25, 0.3) is 32.6 Å². The lowest BCUT2D eigenvalue weighted by atomic mass is 10.1. The lowest BCUT2D eigenvalue weighted by molar-refractivity contribution is 0.170.